The summed E-state index contributed by atoms with van der Waals surface area (Å²) < 4.78 is 28.2. The molecule has 0 radical (unpaired) electrons. The van der Waals surface area contributed by atoms with Gasteiger partial charge in [0.25, 0.3) is 0 Å². The molecule has 0 unspecified atom stereocenters. The molecule has 0 aromatic heterocycles. The Morgan fingerprint density at radius 2 is 1.92 bits per heavy atom. The summed E-state index contributed by atoms with van der Waals surface area (Å²) in [6.07, 6.45) is 13.6. The Kier molecular flexibility index (Phi) is 5.89. The van der Waals surface area contributed by atoms with Crippen LogP contribution in [0.1, 0.15) is 75.0 Å². The van der Waals surface area contributed by atoms with E-state index in [2.05, 4.69) is 13.0 Å². The lowest BCUT2D eigenvalue weighted by Crippen LogP contribution is -2.20. The van der Waals surface area contributed by atoms with Gasteiger partial charge in [0.1, 0.15) is 23.3 Å². The highest BCUT2D eigenvalue weighted by Crippen LogP contribution is 2.39. The third-order valence-electron chi connectivity index (χ3n) is 6.07. The lowest BCUT2D eigenvalue weighted by molar-refractivity contribution is 0.279. The van der Waals surface area contributed by atoms with Crippen LogP contribution in [-0.4, -0.2) is 0 Å². The molecule has 0 bridgehead atoms. The number of unbranched alkanes of at least 4 members (excludes halogenated alkanes) is 2. The normalized spacial score (nSPS) is 22.9. The highest BCUT2D eigenvalue weighted by atomic mass is 19.1. The summed E-state index contributed by atoms with van der Waals surface area (Å²) in [4.78, 5) is 0. The van der Waals surface area contributed by atoms with E-state index in [4.69, 9.17) is 5.26 Å². The molecule has 0 spiro atoms. The number of hydrogen-bond acceptors (Lipinski definition) is 1. The second-order valence-electron chi connectivity index (χ2n) is 7.67. The summed E-state index contributed by atoms with van der Waals surface area (Å²) in [6, 6.07) is 3.02. The average Bonchev–Trinajstić information content (AvgIpc) is 2.62. The van der Waals surface area contributed by atoms with Crippen LogP contribution in [0.25, 0.3) is 0 Å². The molecular weight excluding hydrogens is 316 g/mol. The molecule has 0 aliphatic heterocycles. The molecule has 1 aromatic rings. The molecule has 0 saturated heterocycles. The van der Waals surface area contributed by atoms with E-state index in [-0.39, 0.29) is 0 Å². The Morgan fingerprint density at radius 1 is 1.16 bits per heavy atom. The molecule has 3 heteroatoms. The summed E-state index contributed by atoms with van der Waals surface area (Å²) in [5.74, 6) is 0.0526. The third kappa shape index (κ3) is 3.94. The summed E-state index contributed by atoms with van der Waals surface area (Å²) >= 11 is 0. The molecule has 2 aliphatic carbocycles. The molecule has 0 N–H and O–H groups in total. The van der Waals surface area contributed by atoms with E-state index in [0.717, 1.165) is 11.5 Å². The van der Waals surface area contributed by atoms with Crippen molar-refractivity contribution in [3.63, 3.8) is 0 Å². The molecule has 0 atom stereocenters. The number of benzene rings is 1. The Hall–Kier alpha value is -1.69. The molecule has 3 rings (SSSR count). The van der Waals surface area contributed by atoms with E-state index < -0.39 is 17.2 Å². The Balaban J connectivity index is 1.63. The van der Waals surface area contributed by atoms with E-state index in [9.17, 15) is 8.78 Å². The second kappa shape index (κ2) is 8.13. The van der Waals surface area contributed by atoms with Crippen molar-refractivity contribution in [2.75, 3.05) is 0 Å². The zero-order valence-corrected chi connectivity index (χ0v) is 15.1. The predicted molar refractivity (Wildman–Crippen MR) is 96.2 cm³/mol. The topological polar surface area (TPSA) is 23.8 Å². The zero-order chi connectivity index (χ0) is 17.8. The fraction of sp³-hybridized carbons (Fsp3) is 0.591. The van der Waals surface area contributed by atoms with Crippen LogP contribution in [0.4, 0.5) is 8.78 Å². The van der Waals surface area contributed by atoms with Gasteiger partial charge in [-0.15, -0.1) is 0 Å². The first-order chi connectivity index (χ1) is 12.1. The number of nitrogens with zero attached hydrogens (tertiary/aromatic N) is 1. The molecule has 1 aromatic carbocycles. The standard InChI is InChI=1S/C22H27F2N/c1-2-3-4-5-15-6-8-16(9-7-15)17-10-11-19-18(12-17)13-21(23)20(14-25)22(19)24/h10,13,15-16H,2-9,11-12H2,1H3. The van der Waals surface area contributed by atoms with Crippen LogP contribution in [0.3, 0.4) is 0 Å². The molecule has 1 fully saturated rings. The number of fused-ring (bicyclic) bond motifs is 1. The second-order valence-corrected chi connectivity index (χ2v) is 7.67. The van der Waals surface area contributed by atoms with Crippen molar-refractivity contribution in [2.45, 2.75) is 71.1 Å². The monoisotopic (exact) mass is 343 g/mol. The van der Waals surface area contributed by atoms with Gasteiger partial charge in [0.2, 0.25) is 0 Å². The molecule has 0 amide bonds. The SMILES string of the molecule is CCCCCC1CCC(C2=CCc3c(cc(F)c(C#N)c3F)C2)CC1. The minimum Gasteiger partial charge on any atom is -0.205 e. The maximum Gasteiger partial charge on any atom is 0.147 e. The van der Waals surface area contributed by atoms with Crippen LogP contribution in [0.15, 0.2) is 17.7 Å². The van der Waals surface area contributed by atoms with Gasteiger partial charge < -0.3 is 0 Å². The minimum atomic E-state index is -0.723. The minimum absolute atomic E-state index is 0.441. The van der Waals surface area contributed by atoms with E-state index in [1.165, 1.54) is 63.0 Å². The molecule has 134 valence electrons. The van der Waals surface area contributed by atoms with Crippen molar-refractivity contribution >= 4 is 0 Å². The average molecular weight is 343 g/mol. The van der Waals surface area contributed by atoms with Crippen molar-refractivity contribution < 1.29 is 8.78 Å². The summed E-state index contributed by atoms with van der Waals surface area (Å²) in [6.45, 7) is 2.25. The number of allylic oxidation sites excluding steroid dienone is 2. The maximum atomic E-state index is 14.3. The van der Waals surface area contributed by atoms with Crippen LogP contribution in [0, 0.1) is 34.8 Å². The van der Waals surface area contributed by atoms with Crippen LogP contribution in [0.2, 0.25) is 0 Å². The van der Waals surface area contributed by atoms with Gasteiger partial charge in [-0.3, -0.25) is 0 Å². The number of rotatable bonds is 5. The third-order valence-corrected chi connectivity index (χ3v) is 6.07. The van der Waals surface area contributed by atoms with Gasteiger partial charge in [-0.2, -0.15) is 5.26 Å². The summed E-state index contributed by atoms with van der Waals surface area (Å²) in [5.41, 5.74) is 2.15. The van der Waals surface area contributed by atoms with Crippen LogP contribution >= 0.6 is 0 Å². The van der Waals surface area contributed by atoms with Gasteiger partial charge in [-0.1, -0.05) is 44.3 Å². The van der Waals surface area contributed by atoms with Crippen molar-refractivity contribution in [3.8, 4) is 6.07 Å². The first kappa shape index (κ1) is 18.1. The lowest BCUT2D eigenvalue weighted by atomic mass is 9.73. The number of hydrogen-bond donors (Lipinski definition) is 0. The number of halogens is 2. The van der Waals surface area contributed by atoms with Crippen molar-refractivity contribution in [3.05, 3.63) is 46.0 Å². The molecule has 25 heavy (non-hydrogen) atoms. The highest BCUT2D eigenvalue weighted by molar-refractivity contribution is 5.46. The van der Waals surface area contributed by atoms with Crippen molar-refractivity contribution in [1.29, 1.82) is 5.26 Å². The summed E-state index contributed by atoms with van der Waals surface area (Å²) in [7, 11) is 0. The lowest BCUT2D eigenvalue weighted by Gasteiger charge is -2.32. The Labute approximate surface area is 149 Å². The van der Waals surface area contributed by atoms with E-state index in [0.29, 0.717) is 24.3 Å². The van der Waals surface area contributed by atoms with Gasteiger partial charge in [0, 0.05) is 0 Å². The number of nitriles is 1. The van der Waals surface area contributed by atoms with Gasteiger partial charge in [0.05, 0.1) is 0 Å². The van der Waals surface area contributed by atoms with Gasteiger partial charge in [-0.25, -0.2) is 8.78 Å². The van der Waals surface area contributed by atoms with E-state index in [1.54, 1.807) is 6.07 Å². The van der Waals surface area contributed by atoms with Gasteiger partial charge in [0.15, 0.2) is 0 Å². The first-order valence-corrected chi connectivity index (χ1v) is 9.72. The molecule has 1 saturated carbocycles. The Morgan fingerprint density at radius 3 is 2.60 bits per heavy atom. The quantitative estimate of drug-likeness (QED) is 0.458. The maximum absolute atomic E-state index is 14.3. The van der Waals surface area contributed by atoms with Gasteiger partial charge >= 0.3 is 0 Å². The van der Waals surface area contributed by atoms with Gasteiger partial charge in [-0.05, 0) is 67.6 Å². The fourth-order valence-electron chi connectivity index (χ4n) is 4.53. The van der Waals surface area contributed by atoms with E-state index in [1.807, 2.05) is 0 Å². The van der Waals surface area contributed by atoms with Crippen LogP contribution in [0.5, 0.6) is 0 Å². The Bertz CT molecular complexity index is 691. The largest absolute Gasteiger partial charge is 0.205 e. The predicted octanol–water partition coefficient (Wildman–Crippen LogP) is 6.25. The fourth-order valence-corrected chi connectivity index (χ4v) is 4.53. The van der Waals surface area contributed by atoms with E-state index >= 15 is 0 Å². The zero-order valence-electron chi connectivity index (χ0n) is 15.1. The summed E-state index contributed by atoms with van der Waals surface area (Å²) in [5, 5.41) is 8.91. The smallest absolute Gasteiger partial charge is 0.147 e. The van der Waals surface area contributed by atoms with Crippen molar-refractivity contribution in [1.82, 2.24) is 0 Å². The highest BCUT2D eigenvalue weighted by Gasteiger charge is 2.27. The van der Waals surface area contributed by atoms with Crippen LogP contribution < -0.4 is 0 Å². The molecule has 2 aliphatic rings. The first-order valence-electron chi connectivity index (χ1n) is 9.72. The van der Waals surface area contributed by atoms with Crippen molar-refractivity contribution in [2.24, 2.45) is 11.8 Å². The molecule has 1 nitrogen and oxygen atoms in total. The van der Waals surface area contributed by atoms with Crippen LogP contribution in [-0.2, 0) is 12.8 Å². The molecule has 0 heterocycles. The molecular formula is C22H27F2N.